The van der Waals surface area contributed by atoms with Crippen molar-refractivity contribution < 1.29 is 9.13 Å². The highest BCUT2D eigenvalue weighted by molar-refractivity contribution is 14.0. The van der Waals surface area contributed by atoms with E-state index in [9.17, 15) is 4.39 Å². The molecule has 0 saturated heterocycles. The lowest BCUT2D eigenvalue weighted by Crippen LogP contribution is -2.38. The molecule has 1 saturated carbocycles. The summed E-state index contributed by atoms with van der Waals surface area (Å²) < 4.78 is 18.4. The predicted octanol–water partition coefficient (Wildman–Crippen LogP) is 2.06. The molecule has 1 heterocycles. The van der Waals surface area contributed by atoms with Crippen LogP contribution in [0.3, 0.4) is 0 Å². The van der Waals surface area contributed by atoms with Crippen molar-refractivity contribution in [2.45, 2.75) is 31.7 Å². The number of hydrogen-bond acceptors (Lipinski definition) is 3. The van der Waals surface area contributed by atoms with E-state index in [-0.39, 0.29) is 36.5 Å². The average Bonchev–Trinajstić information content (AvgIpc) is 2.89. The maximum absolute atomic E-state index is 13.2. The summed E-state index contributed by atoms with van der Waals surface area (Å²) in [4.78, 5) is 7.93. The Morgan fingerprint density at radius 2 is 2.25 bits per heavy atom. The van der Waals surface area contributed by atoms with Crippen molar-refractivity contribution >= 4 is 29.9 Å². The van der Waals surface area contributed by atoms with Gasteiger partial charge in [-0.2, -0.15) is 0 Å². The number of nitrogens with one attached hydrogen (secondary N) is 1. The Morgan fingerprint density at radius 1 is 1.50 bits per heavy atom. The largest absolute Gasteiger partial charge is 0.474 e. The average molecular weight is 394 g/mol. The Hall–Kier alpha value is -1.12. The van der Waals surface area contributed by atoms with Crippen LogP contribution in [0.1, 0.15) is 25.7 Å². The van der Waals surface area contributed by atoms with Crippen molar-refractivity contribution in [3.05, 3.63) is 24.1 Å². The minimum atomic E-state index is -0.469. The molecule has 0 bridgehead atoms. The van der Waals surface area contributed by atoms with Gasteiger partial charge in [-0.3, -0.25) is 0 Å². The summed E-state index contributed by atoms with van der Waals surface area (Å²) in [6.45, 7) is 0.628. The van der Waals surface area contributed by atoms with Crippen LogP contribution in [-0.2, 0) is 0 Å². The zero-order valence-corrected chi connectivity index (χ0v) is 13.5. The minimum Gasteiger partial charge on any atom is -0.474 e. The summed E-state index contributed by atoms with van der Waals surface area (Å²) in [5, 5.41) is 3.17. The molecule has 20 heavy (non-hydrogen) atoms. The second kappa shape index (κ2) is 8.93. The molecule has 1 aliphatic carbocycles. The molecule has 3 N–H and O–H groups in total. The van der Waals surface area contributed by atoms with Crippen LogP contribution in [-0.4, -0.2) is 30.1 Å². The fraction of sp³-hybridized carbons (Fsp3) is 0.538. The molecule has 1 fully saturated rings. The molecule has 1 aromatic rings. The van der Waals surface area contributed by atoms with Gasteiger partial charge in [0.25, 0.3) is 0 Å². The molecule has 0 aliphatic heterocycles. The molecule has 0 spiro atoms. The SMILES string of the molecule is I.NC(=NCCOc1ncccc1F)NC1CCCC1. The van der Waals surface area contributed by atoms with Crippen molar-refractivity contribution in [1.82, 2.24) is 10.3 Å². The van der Waals surface area contributed by atoms with Gasteiger partial charge in [0.1, 0.15) is 6.61 Å². The number of halogens is 2. The first-order valence-corrected chi connectivity index (χ1v) is 6.55. The number of nitrogens with two attached hydrogens (primary N) is 1. The topological polar surface area (TPSA) is 72.5 Å². The van der Waals surface area contributed by atoms with Gasteiger partial charge in [0, 0.05) is 12.2 Å². The lowest BCUT2D eigenvalue weighted by atomic mass is 10.2. The lowest BCUT2D eigenvalue weighted by Gasteiger charge is -2.12. The molecule has 0 aromatic carbocycles. The smallest absolute Gasteiger partial charge is 0.250 e. The van der Waals surface area contributed by atoms with Crippen LogP contribution in [0.25, 0.3) is 0 Å². The number of nitrogens with zero attached hydrogens (tertiary/aromatic N) is 2. The lowest BCUT2D eigenvalue weighted by molar-refractivity contribution is 0.298. The third kappa shape index (κ3) is 5.48. The van der Waals surface area contributed by atoms with Crippen molar-refractivity contribution in [3.63, 3.8) is 0 Å². The molecule has 7 heteroatoms. The standard InChI is InChI=1S/C13H19FN4O.HI/c14-11-6-3-7-16-12(11)19-9-8-17-13(15)18-10-4-1-2-5-10;/h3,6-7,10H,1-2,4-5,8-9H2,(H3,15,17,18);1H. The second-order valence-corrected chi connectivity index (χ2v) is 4.53. The van der Waals surface area contributed by atoms with E-state index in [0.717, 1.165) is 12.8 Å². The highest BCUT2D eigenvalue weighted by Gasteiger charge is 2.14. The summed E-state index contributed by atoms with van der Waals surface area (Å²) in [5.41, 5.74) is 5.76. The summed E-state index contributed by atoms with van der Waals surface area (Å²) >= 11 is 0. The Bertz CT molecular complexity index is 438. The summed E-state index contributed by atoms with van der Waals surface area (Å²) in [6, 6.07) is 3.27. The highest BCUT2D eigenvalue weighted by Crippen LogP contribution is 2.17. The number of ether oxygens (including phenoxy) is 1. The van der Waals surface area contributed by atoms with E-state index < -0.39 is 5.82 Å². The first kappa shape index (κ1) is 16.9. The van der Waals surface area contributed by atoms with Crippen LogP contribution in [0.2, 0.25) is 0 Å². The van der Waals surface area contributed by atoms with E-state index in [1.165, 1.54) is 31.2 Å². The zero-order chi connectivity index (χ0) is 13.5. The summed E-state index contributed by atoms with van der Waals surface area (Å²) in [6.07, 6.45) is 6.26. The van der Waals surface area contributed by atoms with Gasteiger partial charge in [0.15, 0.2) is 11.8 Å². The van der Waals surface area contributed by atoms with E-state index in [2.05, 4.69) is 15.3 Å². The fourth-order valence-corrected chi connectivity index (χ4v) is 2.11. The third-order valence-corrected chi connectivity index (χ3v) is 3.04. The van der Waals surface area contributed by atoms with Crippen molar-refractivity contribution in [1.29, 1.82) is 0 Å². The summed E-state index contributed by atoms with van der Waals surface area (Å²) in [5.74, 6) is -0.0412. The quantitative estimate of drug-likeness (QED) is 0.347. The van der Waals surface area contributed by atoms with Crippen molar-refractivity contribution in [2.75, 3.05) is 13.2 Å². The van der Waals surface area contributed by atoms with Gasteiger partial charge in [-0.1, -0.05) is 12.8 Å². The molecule has 2 rings (SSSR count). The number of rotatable bonds is 5. The van der Waals surface area contributed by atoms with E-state index in [4.69, 9.17) is 10.5 Å². The Labute approximate surface area is 135 Å². The monoisotopic (exact) mass is 394 g/mol. The molecule has 0 amide bonds. The maximum Gasteiger partial charge on any atom is 0.250 e. The zero-order valence-electron chi connectivity index (χ0n) is 11.2. The maximum atomic E-state index is 13.2. The Kier molecular flexibility index (Phi) is 7.56. The molecule has 5 nitrogen and oxygen atoms in total. The van der Waals surface area contributed by atoms with Crippen molar-refractivity contribution in [3.8, 4) is 5.88 Å². The van der Waals surface area contributed by atoms with Crippen LogP contribution in [0.15, 0.2) is 23.3 Å². The van der Waals surface area contributed by atoms with Gasteiger partial charge >= 0.3 is 0 Å². The number of pyridine rings is 1. The van der Waals surface area contributed by atoms with Gasteiger partial charge in [0.05, 0.1) is 6.54 Å². The van der Waals surface area contributed by atoms with Gasteiger partial charge in [-0.05, 0) is 25.0 Å². The van der Waals surface area contributed by atoms with E-state index >= 15 is 0 Å². The molecule has 1 aromatic heterocycles. The highest BCUT2D eigenvalue weighted by atomic mass is 127. The molecular weight excluding hydrogens is 374 g/mol. The number of guanidine groups is 1. The second-order valence-electron chi connectivity index (χ2n) is 4.53. The van der Waals surface area contributed by atoms with E-state index in [1.54, 1.807) is 0 Å². The molecule has 1 aliphatic rings. The first-order valence-electron chi connectivity index (χ1n) is 6.55. The van der Waals surface area contributed by atoms with E-state index in [0.29, 0.717) is 18.5 Å². The van der Waals surface area contributed by atoms with E-state index in [1.807, 2.05) is 0 Å². The van der Waals surface area contributed by atoms with Crippen molar-refractivity contribution in [2.24, 2.45) is 10.7 Å². The number of aliphatic imine (C=N–C) groups is 1. The number of aromatic nitrogens is 1. The van der Waals surface area contributed by atoms with Crippen LogP contribution in [0.5, 0.6) is 5.88 Å². The number of hydrogen-bond donors (Lipinski definition) is 2. The van der Waals surface area contributed by atoms with Crippen LogP contribution < -0.4 is 15.8 Å². The predicted molar refractivity (Wildman–Crippen MR) is 87.0 cm³/mol. The molecule has 112 valence electrons. The van der Waals surface area contributed by atoms with Gasteiger partial charge in [-0.15, -0.1) is 24.0 Å². The Morgan fingerprint density at radius 3 is 2.95 bits per heavy atom. The minimum absolute atomic E-state index is 0. The van der Waals surface area contributed by atoms with Gasteiger partial charge < -0.3 is 15.8 Å². The summed E-state index contributed by atoms with van der Waals surface area (Å²) in [7, 11) is 0. The third-order valence-electron chi connectivity index (χ3n) is 3.04. The molecular formula is C13H20FIN4O. The molecule has 0 atom stereocenters. The van der Waals surface area contributed by atoms with Crippen LogP contribution >= 0.6 is 24.0 Å². The van der Waals surface area contributed by atoms with Gasteiger partial charge in [-0.25, -0.2) is 14.4 Å². The Balaban J connectivity index is 0.00000200. The van der Waals surface area contributed by atoms with Gasteiger partial charge in [0.2, 0.25) is 5.88 Å². The molecule has 0 unspecified atom stereocenters. The van der Waals surface area contributed by atoms with Crippen LogP contribution in [0, 0.1) is 5.82 Å². The normalized spacial score (nSPS) is 15.8. The first-order chi connectivity index (χ1) is 9.25. The molecule has 0 radical (unpaired) electrons. The fourth-order valence-electron chi connectivity index (χ4n) is 2.11. The van der Waals surface area contributed by atoms with Crippen LogP contribution in [0.4, 0.5) is 4.39 Å².